The number of anilines is 5. The average Bonchev–Trinajstić information content (AvgIpc) is 2.98. The van der Waals surface area contributed by atoms with E-state index in [-0.39, 0.29) is 0 Å². The molecule has 0 amide bonds. The van der Waals surface area contributed by atoms with Gasteiger partial charge in [-0.15, -0.1) is 0 Å². The highest BCUT2D eigenvalue weighted by molar-refractivity contribution is 5.78. The van der Waals surface area contributed by atoms with Gasteiger partial charge in [0, 0.05) is 41.5 Å². The molecule has 3 aromatic rings. The molecule has 0 saturated carbocycles. The molecule has 4 nitrogen and oxygen atoms in total. The Labute approximate surface area is 238 Å². The molecule has 0 spiro atoms. The smallest absolute Gasteiger partial charge is 0.119 e. The number of nitrogens with zero attached hydrogens (tertiary/aromatic N) is 1. The summed E-state index contributed by atoms with van der Waals surface area (Å²) >= 11 is 0. The molecular weight excluding hydrogens is 478 g/mol. The molecule has 4 heteroatoms. The molecule has 3 aromatic carbocycles. The van der Waals surface area contributed by atoms with Crippen LogP contribution in [0.3, 0.4) is 0 Å². The van der Waals surface area contributed by atoms with Crippen molar-refractivity contribution in [3.05, 3.63) is 72.8 Å². The van der Waals surface area contributed by atoms with Crippen molar-refractivity contribution >= 4 is 28.4 Å². The van der Waals surface area contributed by atoms with Crippen LogP contribution in [0.4, 0.5) is 28.4 Å². The first-order valence-corrected chi connectivity index (χ1v) is 15.4. The van der Waals surface area contributed by atoms with Crippen molar-refractivity contribution in [1.29, 1.82) is 0 Å². The molecule has 3 rings (SSSR count). The topological polar surface area (TPSA) is 36.5 Å². The molecule has 0 unspecified atom stereocenters. The van der Waals surface area contributed by atoms with Crippen LogP contribution in [0.5, 0.6) is 5.75 Å². The van der Waals surface area contributed by atoms with E-state index in [1.165, 1.54) is 88.4 Å². The van der Waals surface area contributed by atoms with Crippen molar-refractivity contribution < 1.29 is 4.74 Å². The molecule has 0 aromatic heterocycles. The number of rotatable bonds is 20. The lowest BCUT2D eigenvalue weighted by Crippen LogP contribution is -2.10. The molecule has 0 saturated heterocycles. The van der Waals surface area contributed by atoms with Crippen LogP contribution in [-0.2, 0) is 0 Å². The summed E-state index contributed by atoms with van der Waals surface area (Å²) in [7, 11) is 1.71. The van der Waals surface area contributed by atoms with Crippen LogP contribution < -0.4 is 20.3 Å². The summed E-state index contributed by atoms with van der Waals surface area (Å²) in [6.07, 6.45) is 15.8. The third kappa shape index (κ3) is 10.9. The van der Waals surface area contributed by atoms with Crippen LogP contribution in [0, 0.1) is 0 Å². The monoisotopic (exact) mass is 529 g/mol. The second-order valence-corrected chi connectivity index (χ2v) is 10.5. The van der Waals surface area contributed by atoms with E-state index >= 15 is 0 Å². The predicted octanol–water partition coefficient (Wildman–Crippen LogP) is 10.7. The number of benzene rings is 3. The van der Waals surface area contributed by atoms with E-state index in [0.717, 1.165) is 35.9 Å². The first kappa shape index (κ1) is 30.4. The minimum absolute atomic E-state index is 0.863. The van der Waals surface area contributed by atoms with Gasteiger partial charge >= 0.3 is 0 Å². The Balaban J connectivity index is 1.62. The SMILES string of the molecule is CCCCCCCCNc1ccc(N(c2ccc(NCCCCCCCC)cc2)c2ccc(OC)cc2)cc1. The van der Waals surface area contributed by atoms with E-state index in [1.54, 1.807) is 7.11 Å². The Morgan fingerprint density at radius 3 is 1.23 bits per heavy atom. The van der Waals surface area contributed by atoms with Crippen LogP contribution >= 0.6 is 0 Å². The molecule has 0 fully saturated rings. The molecule has 0 aliphatic rings. The van der Waals surface area contributed by atoms with Crippen LogP contribution in [0.2, 0.25) is 0 Å². The minimum Gasteiger partial charge on any atom is -0.497 e. The molecule has 39 heavy (non-hydrogen) atoms. The Kier molecular flexibility index (Phi) is 14.2. The van der Waals surface area contributed by atoms with Crippen molar-refractivity contribution in [2.75, 3.05) is 35.7 Å². The van der Waals surface area contributed by atoms with Gasteiger partial charge in [-0.05, 0) is 85.6 Å². The molecule has 212 valence electrons. The first-order valence-electron chi connectivity index (χ1n) is 15.4. The van der Waals surface area contributed by atoms with Crippen molar-refractivity contribution in [2.24, 2.45) is 0 Å². The summed E-state index contributed by atoms with van der Waals surface area (Å²) in [6.45, 7) is 6.60. The average molecular weight is 530 g/mol. The highest BCUT2D eigenvalue weighted by atomic mass is 16.5. The largest absolute Gasteiger partial charge is 0.497 e. The van der Waals surface area contributed by atoms with Crippen LogP contribution in [0.25, 0.3) is 0 Å². The van der Waals surface area contributed by atoms with E-state index in [1.807, 2.05) is 12.1 Å². The summed E-state index contributed by atoms with van der Waals surface area (Å²) in [4.78, 5) is 2.30. The Morgan fingerprint density at radius 2 is 0.846 bits per heavy atom. The standard InChI is InChI=1S/C35H51N3O/c1-4-6-8-10-12-14-28-36-30-16-20-32(21-17-30)38(34-24-26-35(39-3)27-25-34)33-22-18-31(19-23-33)37-29-15-13-11-9-7-5-2/h16-27,36-37H,4-15,28-29H2,1-3H3. The van der Waals surface area contributed by atoms with Gasteiger partial charge in [0.1, 0.15) is 5.75 Å². The maximum Gasteiger partial charge on any atom is 0.119 e. The fraction of sp³-hybridized carbons (Fsp3) is 0.486. The van der Waals surface area contributed by atoms with Crippen LogP contribution in [-0.4, -0.2) is 20.2 Å². The van der Waals surface area contributed by atoms with Crippen LogP contribution in [0.15, 0.2) is 72.8 Å². The van der Waals surface area contributed by atoms with Gasteiger partial charge in [-0.3, -0.25) is 0 Å². The van der Waals surface area contributed by atoms with Crippen molar-refractivity contribution in [3.8, 4) is 5.75 Å². The van der Waals surface area contributed by atoms with Crippen molar-refractivity contribution in [3.63, 3.8) is 0 Å². The maximum atomic E-state index is 5.40. The normalized spacial score (nSPS) is 10.8. The summed E-state index contributed by atoms with van der Waals surface area (Å²) in [5.41, 5.74) is 5.74. The molecule has 0 radical (unpaired) electrons. The minimum atomic E-state index is 0.863. The summed E-state index contributed by atoms with van der Waals surface area (Å²) in [5, 5.41) is 7.20. The third-order valence-corrected chi connectivity index (χ3v) is 7.30. The van der Waals surface area contributed by atoms with E-state index in [0.29, 0.717) is 0 Å². The van der Waals surface area contributed by atoms with Crippen molar-refractivity contribution in [2.45, 2.75) is 90.9 Å². The summed E-state index contributed by atoms with van der Waals surface area (Å²) < 4.78 is 5.40. The van der Waals surface area contributed by atoms with E-state index in [9.17, 15) is 0 Å². The van der Waals surface area contributed by atoms with Crippen molar-refractivity contribution in [1.82, 2.24) is 0 Å². The highest BCUT2D eigenvalue weighted by Gasteiger charge is 2.13. The summed E-state index contributed by atoms with van der Waals surface area (Å²) in [5.74, 6) is 0.863. The van der Waals surface area contributed by atoms with Gasteiger partial charge in [0.05, 0.1) is 7.11 Å². The van der Waals surface area contributed by atoms with E-state index < -0.39 is 0 Å². The molecule has 0 aliphatic carbocycles. The zero-order valence-electron chi connectivity index (χ0n) is 24.7. The second kappa shape index (κ2) is 18.2. The third-order valence-electron chi connectivity index (χ3n) is 7.30. The van der Waals surface area contributed by atoms with Gasteiger partial charge in [0.2, 0.25) is 0 Å². The summed E-state index contributed by atoms with van der Waals surface area (Å²) in [6, 6.07) is 25.9. The van der Waals surface area contributed by atoms with Gasteiger partial charge in [-0.1, -0.05) is 78.1 Å². The lowest BCUT2D eigenvalue weighted by Gasteiger charge is -2.26. The number of hydrogen-bond donors (Lipinski definition) is 2. The van der Waals surface area contributed by atoms with Gasteiger partial charge < -0.3 is 20.3 Å². The van der Waals surface area contributed by atoms with Gasteiger partial charge in [0.15, 0.2) is 0 Å². The number of methoxy groups -OCH3 is 1. The molecule has 0 heterocycles. The number of nitrogens with one attached hydrogen (secondary N) is 2. The molecule has 0 bridgehead atoms. The van der Waals surface area contributed by atoms with Gasteiger partial charge in [-0.25, -0.2) is 0 Å². The second-order valence-electron chi connectivity index (χ2n) is 10.5. The highest BCUT2D eigenvalue weighted by Crippen LogP contribution is 2.36. The number of unbranched alkanes of at least 4 members (excludes halogenated alkanes) is 10. The molecule has 2 N–H and O–H groups in total. The predicted molar refractivity (Wildman–Crippen MR) is 171 cm³/mol. The first-order chi connectivity index (χ1) is 19.2. The zero-order chi connectivity index (χ0) is 27.5. The lowest BCUT2D eigenvalue weighted by atomic mass is 10.1. The molecular formula is C35H51N3O. The van der Waals surface area contributed by atoms with E-state index in [4.69, 9.17) is 4.74 Å². The quantitative estimate of drug-likeness (QED) is 0.143. The Hall–Kier alpha value is -3.14. The Morgan fingerprint density at radius 1 is 0.487 bits per heavy atom. The molecule has 0 atom stereocenters. The number of hydrogen-bond acceptors (Lipinski definition) is 4. The zero-order valence-corrected chi connectivity index (χ0v) is 24.7. The Bertz CT molecular complexity index is 954. The maximum absolute atomic E-state index is 5.40. The van der Waals surface area contributed by atoms with Crippen LogP contribution in [0.1, 0.15) is 90.9 Å². The van der Waals surface area contributed by atoms with Gasteiger partial charge in [0.25, 0.3) is 0 Å². The fourth-order valence-electron chi connectivity index (χ4n) is 4.91. The fourth-order valence-corrected chi connectivity index (χ4v) is 4.91. The molecule has 0 aliphatic heterocycles. The van der Waals surface area contributed by atoms with Gasteiger partial charge in [-0.2, -0.15) is 0 Å². The lowest BCUT2D eigenvalue weighted by molar-refractivity contribution is 0.415. The number of ether oxygens (including phenoxy) is 1. The van der Waals surface area contributed by atoms with E-state index in [2.05, 4.69) is 90.0 Å².